The van der Waals surface area contributed by atoms with Crippen molar-refractivity contribution in [3.05, 3.63) is 71.3 Å². The minimum atomic E-state index is 0.704. The third-order valence-electron chi connectivity index (χ3n) is 5.46. The molecule has 2 aromatic carbocycles. The van der Waals surface area contributed by atoms with Crippen molar-refractivity contribution in [2.75, 3.05) is 0 Å². The average molecular weight is 304 g/mol. The molecule has 0 N–H and O–H groups in total. The Kier molecular flexibility index (Phi) is 5.00. The summed E-state index contributed by atoms with van der Waals surface area (Å²) in [6, 6.07) is 18.0. The summed E-state index contributed by atoms with van der Waals surface area (Å²) in [4.78, 5) is 0. The molecule has 0 radical (unpaired) electrons. The Hall–Kier alpha value is -1.82. The van der Waals surface area contributed by atoms with Crippen molar-refractivity contribution in [2.45, 2.75) is 52.4 Å². The molecule has 0 heterocycles. The third kappa shape index (κ3) is 3.75. The van der Waals surface area contributed by atoms with Crippen LogP contribution in [0.15, 0.2) is 60.2 Å². The Morgan fingerprint density at radius 3 is 2.09 bits per heavy atom. The van der Waals surface area contributed by atoms with Gasteiger partial charge in [0.15, 0.2) is 0 Å². The SMILES string of the molecule is CCC(C)C1=CCC(c2ccc(-c3ccc(C)cc3)cc2)CC1. The summed E-state index contributed by atoms with van der Waals surface area (Å²) >= 11 is 0. The first kappa shape index (κ1) is 16.1. The molecule has 120 valence electrons. The molecule has 0 aromatic heterocycles. The maximum absolute atomic E-state index is 2.51. The van der Waals surface area contributed by atoms with Gasteiger partial charge in [0.1, 0.15) is 0 Å². The highest BCUT2D eigenvalue weighted by atomic mass is 14.2. The highest BCUT2D eigenvalue weighted by Gasteiger charge is 2.18. The first-order valence-electron chi connectivity index (χ1n) is 9.03. The van der Waals surface area contributed by atoms with Crippen LogP contribution >= 0.6 is 0 Å². The summed E-state index contributed by atoms with van der Waals surface area (Å²) in [6.45, 7) is 6.79. The van der Waals surface area contributed by atoms with Crippen molar-refractivity contribution in [2.24, 2.45) is 5.92 Å². The van der Waals surface area contributed by atoms with E-state index in [1.807, 2.05) is 0 Å². The van der Waals surface area contributed by atoms with Gasteiger partial charge in [-0.25, -0.2) is 0 Å². The van der Waals surface area contributed by atoms with Gasteiger partial charge < -0.3 is 0 Å². The fourth-order valence-electron chi connectivity index (χ4n) is 3.56. The number of aryl methyl sites for hydroxylation is 1. The predicted molar refractivity (Wildman–Crippen MR) is 101 cm³/mol. The molecule has 0 saturated heterocycles. The maximum Gasteiger partial charge on any atom is -0.0124 e. The normalized spacial score (nSPS) is 19.3. The van der Waals surface area contributed by atoms with Crippen LogP contribution in [0.3, 0.4) is 0 Å². The van der Waals surface area contributed by atoms with Crippen molar-refractivity contribution in [3.63, 3.8) is 0 Å². The van der Waals surface area contributed by atoms with Crippen LogP contribution in [0.2, 0.25) is 0 Å². The number of benzene rings is 2. The molecular formula is C23H28. The number of hydrogen-bond donors (Lipinski definition) is 0. The first-order chi connectivity index (χ1) is 11.2. The fraction of sp³-hybridized carbons (Fsp3) is 0.391. The number of hydrogen-bond acceptors (Lipinski definition) is 0. The fourth-order valence-corrected chi connectivity index (χ4v) is 3.56. The number of rotatable bonds is 4. The smallest absolute Gasteiger partial charge is 0.0124 e. The second kappa shape index (κ2) is 7.17. The Bertz CT molecular complexity index is 658. The molecule has 2 unspecified atom stereocenters. The second-order valence-corrected chi connectivity index (χ2v) is 7.05. The number of allylic oxidation sites excluding steroid dienone is 2. The molecule has 0 nitrogen and oxygen atoms in total. The van der Waals surface area contributed by atoms with Gasteiger partial charge in [-0.15, -0.1) is 0 Å². The molecule has 0 fully saturated rings. The van der Waals surface area contributed by atoms with Gasteiger partial charge in [0.25, 0.3) is 0 Å². The van der Waals surface area contributed by atoms with E-state index < -0.39 is 0 Å². The van der Waals surface area contributed by atoms with Gasteiger partial charge in [0, 0.05) is 0 Å². The van der Waals surface area contributed by atoms with Gasteiger partial charge in [0.2, 0.25) is 0 Å². The third-order valence-corrected chi connectivity index (χ3v) is 5.46. The Morgan fingerprint density at radius 1 is 0.957 bits per heavy atom. The van der Waals surface area contributed by atoms with Gasteiger partial charge in [0.05, 0.1) is 0 Å². The molecule has 3 rings (SSSR count). The lowest BCUT2D eigenvalue weighted by Crippen LogP contribution is -2.08. The summed E-state index contributed by atoms with van der Waals surface area (Å²) in [5.74, 6) is 1.47. The van der Waals surface area contributed by atoms with Gasteiger partial charge in [-0.3, -0.25) is 0 Å². The van der Waals surface area contributed by atoms with Crippen LogP contribution in [0.4, 0.5) is 0 Å². The minimum Gasteiger partial charge on any atom is -0.0845 e. The van der Waals surface area contributed by atoms with Crippen molar-refractivity contribution in [1.82, 2.24) is 0 Å². The lowest BCUT2D eigenvalue weighted by Gasteiger charge is -2.25. The van der Waals surface area contributed by atoms with E-state index in [1.54, 1.807) is 5.57 Å². The van der Waals surface area contributed by atoms with E-state index in [1.165, 1.54) is 47.9 Å². The van der Waals surface area contributed by atoms with Crippen molar-refractivity contribution in [3.8, 4) is 11.1 Å². The highest BCUT2D eigenvalue weighted by Crippen LogP contribution is 2.36. The van der Waals surface area contributed by atoms with E-state index >= 15 is 0 Å². The molecule has 2 aromatic rings. The van der Waals surface area contributed by atoms with Gasteiger partial charge in [-0.2, -0.15) is 0 Å². The monoisotopic (exact) mass is 304 g/mol. The summed E-state index contributed by atoms with van der Waals surface area (Å²) < 4.78 is 0. The highest BCUT2D eigenvalue weighted by molar-refractivity contribution is 5.64. The Morgan fingerprint density at radius 2 is 1.57 bits per heavy atom. The van der Waals surface area contributed by atoms with Crippen LogP contribution in [-0.4, -0.2) is 0 Å². The molecule has 0 bridgehead atoms. The maximum atomic E-state index is 2.51. The lowest BCUT2D eigenvalue weighted by atomic mass is 9.80. The van der Waals surface area contributed by atoms with Crippen LogP contribution in [0.25, 0.3) is 11.1 Å². The Labute approximate surface area is 141 Å². The topological polar surface area (TPSA) is 0 Å². The molecule has 0 saturated carbocycles. The van der Waals surface area contributed by atoms with Crippen LogP contribution < -0.4 is 0 Å². The molecular weight excluding hydrogens is 276 g/mol. The van der Waals surface area contributed by atoms with E-state index in [0.717, 1.165) is 5.92 Å². The van der Waals surface area contributed by atoms with E-state index in [2.05, 4.69) is 75.4 Å². The minimum absolute atomic E-state index is 0.704. The van der Waals surface area contributed by atoms with E-state index in [4.69, 9.17) is 0 Å². The van der Waals surface area contributed by atoms with Crippen LogP contribution in [0, 0.1) is 12.8 Å². The van der Waals surface area contributed by atoms with E-state index in [-0.39, 0.29) is 0 Å². The molecule has 1 aliphatic rings. The van der Waals surface area contributed by atoms with Crippen LogP contribution in [0.5, 0.6) is 0 Å². The summed E-state index contributed by atoms with van der Waals surface area (Å²) in [6.07, 6.45) is 7.57. The van der Waals surface area contributed by atoms with Crippen LogP contribution in [-0.2, 0) is 0 Å². The molecule has 1 aliphatic carbocycles. The zero-order chi connectivity index (χ0) is 16.2. The lowest BCUT2D eigenvalue weighted by molar-refractivity contribution is 0.532. The van der Waals surface area contributed by atoms with Crippen molar-refractivity contribution >= 4 is 0 Å². The molecule has 0 spiro atoms. The first-order valence-corrected chi connectivity index (χ1v) is 9.03. The van der Waals surface area contributed by atoms with Crippen molar-refractivity contribution in [1.29, 1.82) is 0 Å². The molecule has 0 aliphatic heterocycles. The molecule has 0 heteroatoms. The van der Waals surface area contributed by atoms with Gasteiger partial charge >= 0.3 is 0 Å². The van der Waals surface area contributed by atoms with Gasteiger partial charge in [-0.05, 0) is 61.1 Å². The zero-order valence-corrected chi connectivity index (χ0v) is 14.7. The Balaban J connectivity index is 1.71. The van der Waals surface area contributed by atoms with E-state index in [0.29, 0.717) is 5.92 Å². The van der Waals surface area contributed by atoms with E-state index in [9.17, 15) is 0 Å². The molecule has 0 amide bonds. The summed E-state index contributed by atoms with van der Waals surface area (Å²) in [5, 5.41) is 0. The molecule has 23 heavy (non-hydrogen) atoms. The molecule has 2 atom stereocenters. The largest absolute Gasteiger partial charge is 0.0845 e. The summed E-state index contributed by atoms with van der Waals surface area (Å²) in [7, 11) is 0. The zero-order valence-electron chi connectivity index (χ0n) is 14.7. The average Bonchev–Trinajstić information content (AvgIpc) is 2.62. The van der Waals surface area contributed by atoms with Crippen LogP contribution in [0.1, 0.15) is 56.6 Å². The van der Waals surface area contributed by atoms with Crippen molar-refractivity contribution < 1.29 is 0 Å². The standard InChI is InChI=1S/C23H28/c1-4-18(3)19-9-11-21(12-10-19)23-15-13-22(14-16-23)20-7-5-17(2)6-8-20/h5-9,13-16,18,21H,4,10-12H2,1-3H3. The predicted octanol–water partition coefficient (Wildman–Crippen LogP) is 6.90. The second-order valence-electron chi connectivity index (χ2n) is 7.05. The van der Waals surface area contributed by atoms with Gasteiger partial charge in [-0.1, -0.05) is 79.6 Å². The quantitative estimate of drug-likeness (QED) is 0.539. The summed E-state index contributed by atoms with van der Waals surface area (Å²) in [5.41, 5.74) is 7.13.